The minimum Gasteiger partial charge on any atom is -0.300 e. The van der Waals surface area contributed by atoms with E-state index >= 15 is 0 Å². The molecule has 0 radical (unpaired) electrons. The molecule has 2 aliphatic carbocycles. The maximum Gasteiger partial charge on any atom is 0.133 e. The first-order valence-corrected chi connectivity index (χ1v) is 6.38. The van der Waals surface area contributed by atoms with E-state index in [1.54, 1.807) is 0 Å². The maximum atomic E-state index is 11.8. The second-order valence-electron chi connectivity index (χ2n) is 6.75. The predicted molar refractivity (Wildman–Crippen MR) is 62.6 cm³/mol. The third-order valence-corrected chi connectivity index (χ3v) is 5.37. The molecule has 0 bridgehead atoms. The fourth-order valence-electron chi connectivity index (χ4n) is 4.15. The van der Waals surface area contributed by atoms with Crippen LogP contribution in [0.1, 0.15) is 59.8 Å². The predicted octanol–water partition coefficient (Wildman–Crippen LogP) is 3.82. The van der Waals surface area contributed by atoms with Crippen LogP contribution in [-0.2, 0) is 4.79 Å². The van der Waals surface area contributed by atoms with Gasteiger partial charge in [0.25, 0.3) is 0 Å². The second-order valence-corrected chi connectivity index (χ2v) is 6.75. The monoisotopic (exact) mass is 208 g/mol. The smallest absolute Gasteiger partial charge is 0.133 e. The summed E-state index contributed by atoms with van der Waals surface area (Å²) in [4.78, 5) is 11.8. The Morgan fingerprint density at radius 1 is 1.13 bits per heavy atom. The molecule has 1 heteroatoms. The Bertz CT molecular complexity index is 279. The van der Waals surface area contributed by atoms with Gasteiger partial charge < -0.3 is 0 Å². The average molecular weight is 208 g/mol. The molecule has 0 saturated heterocycles. The Balaban J connectivity index is 2.33. The lowest BCUT2D eigenvalue weighted by Gasteiger charge is -2.56. The zero-order valence-electron chi connectivity index (χ0n) is 10.6. The molecule has 0 aromatic carbocycles. The van der Waals surface area contributed by atoms with Crippen molar-refractivity contribution in [3.63, 3.8) is 0 Å². The van der Waals surface area contributed by atoms with E-state index in [9.17, 15) is 4.79 Å². The van der Waals surface area contributed by atoms with Gasteiger partial charge in [-0.15, -0.1) is 0 Å². The van der Waals surface area contributed by atoms with Gasteiger partial charge in [-0.1, -0.05) is 34.1 Å². The van der Waals surface area contributed by atoms with Gasteiger partial charge in [-0.25, -0.2) is 0 Å². The summed E-state index contributed by atoms with van der Waals surface area (Å²) in [7, 11) is 0. The number of rotatable bonds is 0. The second kappa shape index (κ2) is 3.33. The van der Waals surface area contributed by atoms with Crippen molar-refractivity contribution in [2.24, 2.45) is 22.7 Å². The summed E-state index contributed by atoms with van der Waals surface area (Å²) in [5.74, 6) is 1.71. The SMILES string of the molecule is CC1CC(=O)C[C@H]2C(C)(C)CCC[C@]12C. The molecule has 86 valence electrons. The summed E-state index contributed by atoms with van der Waals surface area (Å²) in [6, 6.07) is 0. The molecule has 3 atom stereocenters. The Morgan fingerprint density at radius 2 is 1.80 bits per heavy atom. The maximum absolute atomic E-state index is 11.8. The molecule has 0 heterocycles. The van der Waals surface area contributed by atoms with Crippen molar-refractivity contribution in [3.05, 3.63) is 0 Å². The first kappa shape index (κ1) is 11.2. The highest BCUT2D eigenvalue weighted by molar-refractivity contribution is 5.80. The Hall–Kier alpha value is -0.330. The summed E-state index contributed by atoms with van der Waals surface area (Å²) in [6.45, 7) is 9.43. The highest BCUT2D eigenvalue weighted by Crippen LogP contribution is 2.58. The minimum absolute atomic E-state index is 0.372. The standard InChI is InChI=1S/C14H24O/c1-10-8-11(15)9-12-13(2,3)6-5-7-14(10,12)4/h10,12H,5-9H2,1-4H3/t10?,12-,14+/m0/s1. The van der Waals surface area contributed by atoms with Crippen LogP contribution in [0.2, 0.25) is 0 Å². The van der Waals surface area contributed by atoms with Gasteiger partial charge in [0.2, 0.25) is 0 Å². The van der Waals surface area contributed by atoms with Crippen LogP contribution in [-0.4, -0.2) is 5.78 Å². The normalized spacial score (nSPS) is 44.9. The molecule has 2 aliphatic rings. The van der Waals surface area contributed by atoms with Crippen molar-refractivity contribution in [1.82, 2.24) is 0 Å². The fraction of sp³-hybridized carbons (Fsp3) is 0.929. The van der Waals surface area contributed by atoms with Gasteiger partial charge in [-0.05, 0) is 35.5 Å². The number of hydrogen-bond donors (Lipinski definition) is 0. The average Bonchev–Trinajstić information content (AvgIpc) is 2.09. The summed E-state index contributed by atoms with van der Waals surface area (Å²) >= 11 is 0. The third kappa shape index (κ3) is 1.64. The Kier molecular flexibility index (Phi) is 2.48. The van der Waals surface area contributed by atoms with E-state index in [1.165, 1.54) is 19.3 Å². The zero-order valence-corrected chi connectivity index (χ0v) is 10.6. The van der Waals surface area contributed by atoms with Crippen molar-refractivity contribution in [3.8, 4) is 0 Å². The van der Waals surface area contributed by atoms with E-state index in [0.29, 0.717) is 28.4 Å². The summed E-state index contributed by atoms with van der Waals surface area (Å²) in [6.07, 6.45) is 5.64. The summed E-state index contributed by atoms with van der Waals surface area (Å²) in [5, 5.41) is 0. The molecule has 2 fully saturated rings. The molecule has 1 nitrogen and oxygen atoms in total. The van der Waals surface area contributed by atoms with Gasteiger partial charge >= 0.3 is 0 Å². The number of hydrogen-bond acceptors (Lipinski definition) is 1. The van der Waals surface area contributed by atoms with Crippen LogP contribution < -0.4 is 0 Å². The van der Waals surface area contributed by atoms with Crippen LogP contribution in [0.4, 0.5) is 0 Å². The number of carbonyl (C=O) groups is 1. The molecule has 0 spiro atoms. The van der Waals surface area contributed by atoms with Gasteiger partial charge in [0.1, 0.15) is 5.78 Å². The Labute approximate surface area is 93.6 Å². The van der Waals surface area contributed by atoms with Gasteiger partial charge in [-0.2, -0.15) is 0 Å². The number of Topliss-reactive ketones (excluding diaryl/α,β-unsaturated/α-hetero) is 1. The minimum atomic E-state index is 0.372. The van der Waals surface area contributed by atoms with Gasteiger partial charge in [0, 0.05) is 12.8 Å². The van der Waals surface area contributed by atoms with E-state index in [4.69, 9.17) is 0 Å². The molecule has 0 aliphatic heterocycles. The molecule has 0 amide bonds. The number of carbonyl (C=O) groups excluding carboxylic acids is 1. The van der Waals surface area contributed by atoms with E-state index in [1.807, 2.05) is 0 Å². The lowest BCUT2D eigenvalue weighted by atomic mass is 9.48. The van der Waals surface area contributed by atoms with E-state index < -0.39 is 0 Å². The molecule has 2 rings (SSSR count). The fourth-order valence-corrected chi connectivity index (χ4v) is 4.15. The summed E-state index contributed by atoms with van der Waals surface area (Å²) < 4.78 is 0. The topological polar surface area (TPSA) is 17.1 Å². The van der Waals surface area contributed by atoms with Crippen molar-refractivity contribution in [2.75, 3.05) is 0 Å². The quantitative estimate of drug-likeness (QED) is 0.591. The van der Waals surface area contributed by atoms with E-state index in [2.05, 4.69) is 27.7 Å². The van der Waals surface area contributed by atoms with Crippen LogP contribution >= 0.6 is 0 Å². The number of fused-ring (bicyclic) bond motifs is 1. The zero-order chi connectivity index (χ0) is 11.3. The van der Waals surface area contributed by atoms with Crippen molar-refractivity contribution < 1.29 is 4.79 Å². The van der Waals surface area contributed by atoms with Gasteiger partial charge in [-0.3, -0.25) is 4.79 Å². The molecule has 0 aromatic rings. The lowest BCUT2D eigenvalue weighted by Crippen LogP contribution is -2.50. The molecular formula is C14H24O. The van der Waals surface area contributed by atoms with Crippen LogP contribution in [0.3, 0.4) is 0 Å². The third-order valence-electron chi connectivity index (χ3n) is 5.37. The Morgan fingerprint density at radius 3 is 2.47 bits per heavy atom. The van der Waals surface area contributed by atoms with Crippen molar-refractivity contribution >= 4 is 5.78 Å². The van der Waals surface area contributed by atoms with Gasteiger partial charge in [0.05, 0.1) is 0 Å². The van der Waals surface area contributed by atoms with Crippen LogP contribution in [0, 0.1) is 22.7 Å². The molecular weight excluding hydrogens is 184 g/mol. The first-order valence-electron chi connectivity index (χ1n) is 6.38. The number of ketones is 1. The molecule has 0 aromatic heterocycles. The van der Waals surface area contributed by atoms with Crippen LogP contribution in [0.25, 0.3) is 0 Å². The van der Waals surface area contributed by atoms with E-state index in [-0.39, 0.29) is 0 Å². The van der Waals surface area contributed by atoms with Gasteiger partial charge in [0.15, 0.2) is 0 Å². The highest BCUT2D eigenvalue weighted by atomic mass is 16.1. The summed E-state index contributed by atoms with van der Waals surface area (Å²) in [5.41, 5.74) is 0.799. The molecule has 15 heavy (non-hydrogen) atoms. The molecule has 2 saturated carbocycles. The molecule has 1 unspecified atom stereocenters. The largest absolute Gasteiger partial charge is 0.300 e. The van der Waals surface area contributed by atoms with E-state index in [0.717, 1.165) is 12.8 Å². The first-order chi connectivity index (χ1) is 6.86. The van der Waals surface area contributed by atoms with Crippen LogP contribution in [0.15, 0.2) is 0 Å². The highest BCUT2D eigenvalue weighted by Gasteiger charge is 2.52. The molecule has 0 N–H and O–H groups in total. The van der Waals surface area contributed by atoms with Crippen LogP contribution in [0.5, 0.6) is 0 Å². The van der Waals surface area contributed by atoms with Crippen molar-refractivity contribution in [2.45, 2.75) is 59.8 Å². The van der Waals surface area contributed by atoms with Crippen molar-refractivity contribution in [1.29, 1.82) is 0 Å². The lowest BCUT2D eigenvalue weighted by molar-refractivity contribution is -0.137.